The van der Waals surface area contributed by atoms with Crippen LogP contribution in [0.25, 0.3) is 0 Å². The van der Waals surface area contributed by atoms with Gasteiger partial charge in [-0.1, -0.05) is 31.9 Å². The monoisotopic (exact) mass is 359 g/mol. The predicted molar refractivity (Wildman–Crippen MR) is 106 cm³/mol. The summed E-state index contributed by atoms with van der Waals surface area (Å²) in [6, 6.07) is 8.60. The number of hydrogen-bond donors (Lipinski definition) is 1. The molecule has 5 heteroatoms. The van der Waals surface area contributed by atoms with Gasteiger partial charge in [0.25, 0.3) is 0 Å². The van der Waals surface area contributed by atoms with Crippen LogP contribution in [0.5, 0.6) is 5.75 Å². The Hall–Kier alpha value is -1.75. The Balaban J connectivity index is 1.47. The minimum absolute atomic E-state index is 0.187. The van der Waals surface area contributed by atoms with Gasteiger partial charge in [-0.05, 0) is 37.8 Å². The third-order valence-electron chi connectivity index (χ3n) is 5.70. The highest BCUT2D eigenvalue weighted by Crippen LogP contribution is 2.29. The molecular weight excluding hydrogens is 326 g/mol. The van der Waals surface area contributed by atoms with Crippen molar-refractivity contribution in [3.8, 4) is 5.75 Å². The number of rotatable bonds is 6. The van der Waals surface area contributed by atoms with Gasteiger partial charge in [-0.25, -0.2) is 0 Å². The SMILES string of the molecule is CCOc1ccccc1N1CCN(CC(=O)N[C@H]2CCCC[C@@H]2C)CC1. The first kappa shape index (κ1) is 19.0. The summed E-state index contributed by atoms with van der Waals surface area (Å²) in [7, 11) is 0. The quantitative estimate of drug-likeness (QED) is 0.848. The molecule has 144 valence electrons. The van der Waals surface area contributed by atoms with Crippen molar-refractivity contribution in [3.63, 3.8) is 0 Å². The number of nitrogens with one attached hydrogen (secondary N) is 1. The van der Waals surface area contributed by atoms with Gasteiger partial charge in [0.05, 0.1) is 18.8 Å². The van der Waals surface area contributed by atoms with Crippen LogP contribution in [0.3, 0.4) is 0 Å². The zero-order chi connectivity index (χ0) is 18.4. The summed E-state index contributed by atoms with van der Waals surface area (Å²) in [6.45, 7) is 9.15. The van der Waals surface area contributed by atoms with Crippen molar-refractivity contribution < 1.29 is 9.53 Å². The normalized spacial score (nSPS) is 24.3. The number of benzene rings is 1. The number of anilines is 1. The van der Waals surface area contributed by atoms with E-state index in [4.69, 9.17) is 4.74 Å². The van der Waals surface area contributed by atoms with E-state index in [0.29, 0.717) is 25.1 Å². The summed E-state index contributed by atoms with van der Waals surface area (Å²) in [5, 5.41) is 3.27. The number of hydrogen-bond acceptors (Lipinski definition) is 4. The summed E-state index contributed by atoms with van der Waals surface area (Å²) >= 11 is 0. The van der Waals surface area contributed by atoms with Crippen molar-refractivity contribution >= 4 is 11.6 Å². The highest BCUT2D eigenvalue weighted by Gasteiger charge is 2.25. The van der Waals surface area contributed by atoms with E-state index in [9.17, 15) is 4.79 Å². The van der Waals surface area contributed by atoms with Crippen LogP contribution in [0.1, 0.15) is 39.5 Å². The second-order valence-electron chi connectivity index (χ2n) is 7.60. The van der Waals surface area contributed by atoms with E-state index in [2.05, 4.69) is 34.2 Å². The largest absolute Gasteiger partial charge is 0.492 e. The van der Waals surface area contributed by atoms with Crippen LogP contribution in [0.4, 0.5) is 5.69 Å². The lowest BCUT2D eigenvalue weighted by Crippen LogP contribution is -2.51. The van der Waals surface area contributed by atoms with Crippen molar-refractivity contribution in [1.29, 1.82) is 0 Å². The fraction of sp³-hybridized carbons (Fsp3) is 0.667. The Morgan fingerprint density at radius 3 is 2.62 bits per heavy atom. The van der Waals surface area contributed by atoms with Crippen LogP contribution in [0, 0.1) is 5.92 Å². The summed E-state index contributed by atoms with van der Waals surface area (Å²) in [5.41, 5.74) is 1.16. The average molecular weight is 360 g/mol. The van der Waals surface area contributed by atoms with E-state index in [1.54, 1.807) is 0 Å². The van der Waals surface area contributed by atoms with Gasteiger partial charge in [-0.3, -0.25) is 9.69 Å². The topological polar surface area (TPSA) is 44.8 Å². The maximum atomic E-state index is 12.4. The van der Waals surface area contributed by atoms with Crippen LogP contribution in [0.15, 0.2) is 24.3 Å². The molecule has 1 saturated carbocycles. The molecule has 1 N–H and O–H groups in total. The number of carbonyl (C=O) groups excluding carboxylic acids is 1. The van der Waals surface area contributed by atoms with E-state index in [0.717, 1.165) is 44.0 Å². The molecule has 1 heterocycles. The minimum atomic E-state index is 0.187. The van der Waals surface area contributed by atoms with E-state index in [1.165, 1.54) is 19.3 Å². The molecule has 5 nitrogen and oxygen atoms in total. The molecule has 0 radical (unpaired) electrons. The number of piperazine rings is 1. The highest BCUT2D eigenvalue weighted by molar-refractivity contribution is 5.78. The molecule has 2 atom stereocenters. The Morgan fingerprint density at radius 1 is 1.15 bits per heavy atom. The van der Waals surface area contributed by atoms with Crippen molar-refractivity contribution in [1.82, 2.24) is 10.2 Å². The number of para-hydroxylation sites is 2. The lowest BCUT2D eigenvalue weighted by atomic mass is 9.86. The van der Waals surface area contributed by atoms with Gasteiger partial charge in [0, 0.05) is 32.2 Å². The lowest BCUT2D eigenvalue weighted by molar-refractivity contribution is -0.123. The number of nitrogens with zero attached hydrogens (tertiary/aromatic N) is 2. The van der Waals surface area contributed by atoms with Crippen LogP contribution in [0.2, 0.25) is 0 Å². The van der Waals surface area contributed by atoms with E-state index < -0.39 is 0 Å². The predicted octanol–water partition coefficient (Wildman–Crippen LogP) is 2.90. The summed E-state index contributed by atoms with van der Waals surface area (Å²) in [4.78, 5) is 17.1. The van der Waals surface area contributed by atoms with Gasteiger partial charge < -0.3 is 15.0 Å². The van der Waals surface area contributed by atoms with Crippen LogP contribution >= 0.6 is 0 Å². The molecule has 2 fully saturated rings. The second-order valence-corrected chi connectivity index (χ2v) is 7.60. The van der Waals surface area contributed by atoms with Crippen LogP contribution < -0.4 is 15.0 Å². The molecule has 1 aromatic carbocycles. The maximum Gasteiger partial charge on any atom is 0.234 e. The highest BCUT2D eigenvalue weighted by atomic mass is 16.5. The summed E-state index contributed by atoms with van der Waals surface area (Å²) in [6.07, 6.45) is 4.92. The molecule has 3 rings (SSSR count). The van der Waals surface area contributed by atoms with Gasteiger partial charge >= 0.3 is 0 Å². The molecule has 0 aromatic heterocycles. The van der Waals surface area contributed by atoms with Crippen molar-refractivity contribution in [2.24, 2.45) is 5.92 Å². The maximum absolute atomic E-state index is 12.4. The Bertz CT molecular complexity index is 584. The van der Waals surface area contributed by atoms with Crippen LogP contribution in [-0.2, 0) is 4.79 Å². The first-order chi connectivity index (χ1) is 12.7. The molecule has 1 saturated heterocycles. The molecule has 1 amide bonds. The number of ether oxygens (including phenoxy) is 1. The molecule has 2 aliphatic rings. The Labute approximate surface area is 157 Å². The first-order valence-electron chi connectivity index (χ1n) is 10.2. The Kier molecular flexibility index (Phi) is 6.78. The van der Waals surface area contributed by atoms with E-state index in [1.807, 2.05) is 19.1 Å². The zero-order valence-corrected chi connectivity index (χ0v) is 16.2. The van der Waals surface area contributed by atoms with Gasteiger partial charge in [0.15, 0.2) is 0 Å². The zero-order valence-electron chi connectivity index (χ0n) is 16.2. The third kappa shape index (κ3) is 4.91. The number of carbonyl (C=O) groups is 1. The molecule has 0 spiro atoms. The fourth-order valence-electron chi connectivity index (χ4n) is 4.13. The smallest absolute Gasteiger partial charge is 0.234 e. The molecule has 0 bridgehead atoms. The fourth-order valence-corrected chi connectivity index (χ4v) is 4.13. The number of amides is 1. The molecule has 1 aliphatic carbocycles. The molecule has 0 unspecified atom stereocenters. The average Bonchev–Trinajstić information content (AvgIpc) is 2.65. The summed E-state index contributed by atoms with van der Waals surface area (Å²) in [5.74, 6) is 1.75. The molecule has 1 aromatic rings. The third-order valence-corrected chi connectivity index (χ3v) is 5.70. The van der Waals surface area contributed by atoms with E-state index >= 15 is 0 Å². The first-order valence-corrected chi connectivity index (χ1v) is 10.2. The van der Waals surface area contributed by atoms with Gasteiger partial charge in [-0.15, -0.1) is 0 Å². The summed E-state index contributed by atoms with van der Waals surface area (Å²) < 4.78 is 5.76. The van der Waals surface area contributed by atoms with Crippen LogP contribution in [-0.4, -0.2) is 56.2 Å². The molecule has 26 heavy (non-hydrogen) atoms. The molecular formula is C21H33N3O2. The van der Waals surface area contributed by atoms with Gasteiger partial charge in [-0.2, -0.15) is 0 Å². The van der Waals surface area contributed by atoms with Gasteiger partial charge in [0.2, 0.25) is 5.91 Å². The second kappa shape index (κ2) is 9.26. The van der Waals surface area contributed by atoms with E-state index in [-0.39, 0.29) is 5.91 Å². The molecule has 1 aliphatic heterocycles. The Morgan fingerprint density at radius 2 is 1.88 bits per heavy atom. The lowest BCUT2D eigenvalue weighted by Gasteiger charge is -2.37. The van der Waals surface area contributed by atoms with Crippen molar-refractivity contribution in [2.45, 2.75) is 45.6 Å². The van der Waals surface area contributed by atoms with Gasteiger partial charge in [0.1, 0.15) is 5.75 Å². The van der Waals surface area contributed by atoms with Crippen molar-refractivity contribution in [2.75, 3.05) is 44.2 Å². The standard InChI is InChI=1S/C21H33N3O2/c1-3-26-20-11-7-6-10-19(20)24-14-12-23(13-15-24)16-21(25)22-18-9-5-4-8-17(18)2/h6-7,10-11,17-18H,3-5,8-9,12-16H2,1-2H3,(H,22,25)/t17-,18-/m0/s1. The van der Waals surface area contributed by atoms with Crippen molar-refractivity contribution in [3.05, 3.63) is 24.3 Å². The minimum Gasteiger partial charge on any atom is -0.492 e.